The largest absolute Gasteiger partial charge is 0.351 e. The molecule has 2 aliphatic heterocycles. The first-order valence-corrected chi connectivity index (χ1v) is 4.07. The Morgan fingerprint density at radius 1 is 1.42 bits per heavy atom. The SMILES string of the molecule is O=C1CN2C(=O)CCN[C@H]2CN1. The van der Waals surface area contributed by atoms with Gasteiger partial charge in [0.15, 0.2) is 0 Å². The Labute approximate surface area is 70.1 Å². The molecule has 0 bridgehead atoms. The number of nitrogens with zero attached hydrogens (tertiary/aromatic N) is 1. The Balaban J connectivity index is 2.10. The van der Waals surface area contributed by atoms with Gasteiger partial charge in [-0.15, -0.1) is 0 Å². The van der Waals surface area contributed by atoms with E-state index in [9.17, 15) is 9.59 Å². The zero-order valence-electron chi connectivity index (χ0n) is 6.67. The van der Waals surface area contributed by atoms with Crippen LogP contribution in [0.5, 0.6) is 0 Å². The van der Waals surface area contributed by atoms with Crippen LogP contribution in [0.25, 0.3) is 0 Å². The first-order valence-electron chi connectivity index (χ1n) is 4.07. The molecule has 2 N–H and O–H groups in total. The number of piperazine rings is 1. The minimum absolute atomic E-state index is 0.0175. The molecule has 2 saturated heterocycles. The average Bonchev–Trinajstić information content (AvgIpc) is 2.07. The lowest BCUT2D eigenvalue weighted by molar-refractivity contribution is -0.144. The predicted molar refractivity (Wildman–Crippen MR) is 41.1 cm³/mol. The molecular formula is C7H11N3O2. The molecule has 0 unspecified atom stereocenters. The second-order valence-electron chi connectivity index (χ2n) is 3.05. The van der Waals surface area contributed by atoms with Crippen LogP contribution >= 0.6 is 0 Å². The van der Waals surface area contributed by atoms with Crippen LogP contribution in [0.2, 0.25) is 0 Å². The third-order valence-electron chi connectivity index (χ3n) is 2.22. The van der Waals surface area contributed by atoms with Crippen molar-refractivity contribution in [2.24, 2.45) is 0 Å². The second-order valence-corrected chi connectivity index (χ2v) is 3.05. The molecule has 0 aromatic carbocycles. The highest BCUT2D eigenvalue weighted by Crippen LogP contribution is 2.07. The summed E-state index contributed by atoms with van der Waals surface area (Å²) < 4.78 is 0. The van der Waals surface area contributed by atoms with Gasteiger partial charge in [0.25, 0.3) is 0 Å². The summed E-state index contributed by atoms with van der Waals surface area (Å²) in [5.41, 5.74) is 0. The molecule has 5 nitrogen and oxygen atoms in total. The van der Waals surface area contributed by atoms with Gasteiger partial charge in [-0.3, -0.25) is 14.9 Å². The van der Waals surface area contributed by atoms with Gasteiger partial charge in [-0.1, -0.05) is 0 Å². The zero-order valence-corrected chi connectivity index (χ0v) is 6.67. The number of fused-ring (bicyclic) bond motifs is 1. The summed E-state index contributed by atoms with van der Waals surface area (Å²) in [6, 6.07) is 0. The molecule has 2 aliphatic rings. The topological polar surface area (TPSA) is 61.4 Å². The van der Waals surface area contributed by atoms with Gasteiger partial charge in [0.05, 0.1) is 6.54 Å². The molecule has 0 aromatic heterocycles. The Morgan fingerprint density at radius 2 is 2.25 bits per heavy atom. The first kappa shape index (κ1) is 7.54. The highest BCUT2D eigenvalue weighted by Gasteiger charge is 2.32. The van der Waals surface area contributed by atoms with Crippen molar-refractivity contribution >= 4 is 11.8 Å². The maximum atomic E-state index is 11.3. The Morgan fingerprint density at radius 3 is 3.08 bits per heavy atom. The van der Waals surface area contributed by atoms with Gasteiger partial charge < -0.3 is 10.2 Å². The van der Waals surface area contributed by atoms with Gasteiger partial charge >= 0.3 is 0 Å². The van der Waals surface area contributed by atoms with E-state index in [-0.39, 0.29) is 24.5 Å². The highest BCUT2D eigenvalue weighted by molar-refractivity contribution is 5.86. The van der Waals surface area contributed by atoms with Crippen molar-refractivity contribution in [1.82, 2.24) is 15.5 Å². The number of nitrogens with one attached hydrogen (secondary N) is 2. The molecular weight excluding hydrogens is 158 g/mol. The van der Waals surface area contributed by atoms with Crippen molar-refractivity contribution in [2.75, 3.05) is 19.6 Å². The van der Waals surface area contributed by atoms with E-state index in [0.29, 0.717) is 13.0 Å². The van der Waals surface area contributed by atoms with Gasteiger partial charge in [0.1, 0.15) is 12.7 Å². The lowest BCUT2D eigenvalue weighted by Gasteiger charge is -2.39. The van der Waals surface area contributed by atoms with E-state index < -0.39 is 0 Å². The Hall–Kier alpha value is -1.10. The van der Waals surface area contributed by atoms with Crippen LogP contribution in [0.3, 0.4) is 0 Å². The lowest BCUT2D eigenvalue weighted by Crippen LogP contribution is -2.64. The van der Waals surface area contributed by atoms with Crippen LogP contribution in [-0.2, 0) is 9.59 Å². The number of hydrogen-bond acceptors (Lipinski definition) is 3. The molecule has 0 saturated carbocycles. The van der Waals surface area contributed by atoms with Gasteiger partial charge in [-0.25, -0.2) is 0 Å². The molecule has 0 aliphatic carbocycles. The van der Waals surface area contributed by atoms with Gasteiger partial charge in [0.2, 0.25) is 11.8 Å². The molecule has 0 aromatic rings. The third kappa shape index (κ3) is 1.16. The minimum atomic E-state index is -0.0664. The Kier molecular flexibility index (Phi) is 1.73. The molecule has 1 atom stereocenters. The molecule has 2 fully saturated rings. The summed E-state index contributed by atoms with van der Waals surface area (Å²) in [5, 5.41) is 5.87. The van der Waals surface area contributed by atoms with E-state index in [1.165, 1.54) is 0 Å². The molecule has 66 valence electrons. The molecule has 12 heavy (non-hydrogen) atoms. The van der Waals surface area contributed by atoms with E-state index in [4.69, 9.17) is 0 Å². The number of rotatable bonds is 0. The van der Waals surface area contributed by atoms with Crippen molar-refractivity contribution in [2.45, 2.75) is 12.6 Å². The van der Waals surface area contributed by atoms with Gasteiger partial charge in [-0.05, 0) is 0 Å². The summed E-state index contributed by atoms with van der Waals surface area (Å²) in [6.45, 7) is 1.46. The van der Waals surface area contributed by atoms with E-state index in [1.807, 2.05) is 0 Å². The Bertz CT molecular complexity index is 229. The number of hydrogen-bond donors (Lipinski definition) is 2. The summed E-state index contributed by atoms with van der Waals surface area (Å²) in [7, 11) is 0. The fourth-order valence-corrected chi connectivity index (χ4v) is 1.58. The van der Waals surface area contributed by atoms with E-state index in [1.54, 1.807) is 4.90 Å². The van der Waals surface area contributed by atoms with Crippen molar-refractivity contribution in [3.05, 3.63) is 0 Å². The average molecular weight is 169 g/mol. The number of carbonyl (C=O) groups is 2. The maximum Gasteiger partial charge on any atom is 0.239 e. The maximum absolute atomic E-state index is 11.3. The smallest absolute Gasteiger partial charge is 0.239 e. The molecule has 2 heterocycles. The van der Waals surface area contributed by atoms with Gasteiger partial charge in [-0.2, -0.15) is 0 Å². The molecule has 2 amide bonds. The lowest BCUT2D eigenvalue weighted by atomic mass is 10.2. The summed E-state index contributed by atoms with van der Waals surface area (Å²) in [5.74, 6) is 0.0110. The first-order chi connectivity index (χ1) is 5.77. The predicted octanol–water partition coefficient (Wildman–Crippen LogP) is -1.74. The standard InChI is InChI=1S/C7H11N3O2/c11-6-4-10-5(3-9-6)8-2-1-7(10)12/h5,8H,1-4H2,(H,9,11)/t5-/m1/s1. The third-order valence-corrected chi connectivity index (χ3v) is 2.22. The second kappa shape index (κ2) is 2.75. The van der Waals surface area contributed by atoms with Crippen LogP contribution in [0.1, 0.15) is 6.42 Å². The quantitative estimate of drug-likeness (QED) is 0.452. The van der Waals surface area contributed by atoms with E-state index in [2.05, 4.69) is 10.6 Å². The molecule has 2 rings (SSSR count). The van der Waals surface area contributed by atoms with Crippen molar-refractivity contribution < 1.29 is 9.59 Å². The van der Waals surface area contributed by atoms with Crippen LogP contribution < -0.4 is 10.6 Å². The van der Waals surface area contributed by atoms with Gasteiger partial charge in [0, 0.05) is 13.0 Å². The van der Waals surface area contributed by atoms with E-state index in [0.717, 1.165) is 6.54 Å². The molecule has 5 heteroatoms. The minimum Gasteiger partial charge on any atom is -0.351 e. The van der Waals surface area contributed by atoms with Crippen molar-refractivity contribution in [1.29, 1.82) is 0 Å². The summed E-state index contributed by atoms with van der Waals surface area (Å²) >= 11 is 0. The highest BCUT2D eigenvalue weighted by atomic mass is 16.2. The van der Waals surface area contributed by atoms with Crippen LogP contribution in [0.4, 0.5) is 0 Å². The summed E-state index contributed by atoms with van der Waals surface area (Å²) in [6.07, 6.45) is 0.521. The van der Waals surface area contributed by atoms with E-state index >= 15 is 0 Å². The normalized spacial score (nSPS) is 29.7. The number of carbonyl (C=O) groups excluding carboxylic acids is 2. The van der Waals surface area contributed by atoms with Crippen molar-refractivity contribution in [3.63, 3.8) is 0 Å². The zero-order chi connectivity index (χ0) is 8.55. The van der Waals surface area contributed by atoms with Crippen LogP contribution in [0.15, 0.2) is 0 Å². The summed E-state index contributed by atoms with van der Waals surface area (Å²) in [4.78, 5) is 23.8. The molecule has 0 spiro atoms. The number of amides is 2. The fraction of sp³-hybridized carbons (Fsp3) is 0.714. The monoisotopic (exact) mass is 169 g/mol. The fourth-order valence-electron chi connectivity index (χ4n) is 1.58. The van der Waals surface area contributed by atoms with Crippen LogP contribution in [-0.4, -0.2) is 42.5 Å². The molecule has 0 radical (unpaired) electrons. The van der Waals surface area contributed by atoms with Crippen LogP contribution in [0, 0.1) is 0 Å². The van der Waals surface area contributed by atoms with Crippen molar-refractivity contribution in [3.8, 4) is 0 Å².